The Morgan fingerprint density at radius 2 is 1.14 bits per heavy atom. The average molecular weight is 406 g/mol. The Hall–Kier alpha value is -3.06. The van der Waals surface area contributed by atoms with E-state index in [1.807, 2.05) is 13.8 Å². The maximum absolute atomic E-state index is 13.9. The lowest BCUT2D eigenvalue weighted by molar-refractivity contribution is 0.629. The average Bonchev–Trinajstić information content (AvgIpc) is 3.15. The minimum atomic E-state index is -0.401. The zero-order valence-corrected chi connectivity index (χ0v) is 16.6. The van der Waals surface area contributed by atoms with Crippen LogP contribution in [0.1, 0.15) is 20.9 Å². The molecule has 2 nitrogen and oxygen atoms in total. The highest BCUT2D eigenvalue weighted by atomic mass is 32.1. The SMILES string of the molecule is Cc1sc2ccc(F)cc2c1/C(C#N)=C(/C#N)c1c(C)sc2ccc(F)cc12. The first kappa shape index (κ1) is 18.3. The fourth-order valence-electron chi connectivity index (χ4n) is 3.48. The normalized spacial score (nSPS) is 12.1. The van der Waals surface area contributed by atoms with E-state index in [4.69, 9.17) is 0 Å². The lowest BCUT2D eigenvalue weighted by Crippen LogP contribution is -1.92. The van der Waals surface area contributed by atoms with E-state index < -0.39 is 11.6 Å². The highest BCUT2D eigenvalue weighted by Crippen LogP contribution is 2.42. The molecule has 136 valence electrons. The quantitative estimate of drug-likeness (QED) is 0.338. The summed E-state index contributed by atoms with van der Waals surface area (Å²) in [5.41, 5.74) is 1.50. The van der Waals surface area contributed by atoms with Crippen LogP contribution in [0.25, 0.3) is 31.3 Å². The number of nitrogens with zero attached hydrogens (tertiary/aromatic N) is 2. The van der Waals surface area contributed by atoms with Gasteiger partial charge in [0, 0.05) is 41.1 Å². The van der Waals surface area contributed by atoms with Crippen molar-refractivity contribution in [2.24, 2.45) is 0 Å². The van der Waals surface area contributed by atoms with Gasteiger partial charge in [-0.25, -0.2) is 8.78 Å². The van der Waals surface area contributed by atoms with E-state index in [1.165, 1.54) is 46.9 Å². The number of hydrogen-bond acceptors (Lipinski definition) is 4. The minimum Gasteiger partial charge on any atom is -0.207 e. The van der Waals surface area contributed by atoms with Gasteiger partial charge in [0.15, 0.2) is 0 Å². The highest BCUT2D eigenvalue weighted by Gasteiger charge is 2.22. The second-order valence-corrected chi connectivity index (χ2v) is 8.83. The van der Waals surface area contributed by atoms with Gasteiger partial charge in [-0.05, 0) is 50.2 Å². The van der Waals surface area contributed by atoms with Crippen molar-refractivity contribution >= 4 is 54.0 Å². The van der Waals surface area contributed by atoms with E-state index in [0.29, 0.717) is 21.9 Å². The van der Waals surface area contributed by atoms with Crippen molar-refractivity contribution in [3.63, 3.8) is 0 Å². The molecule has 0 aliphatic heterocycles. The van der Waals surface area contributed by atoms with Crippen LogP contribution < -0.4 is 0 Å². The summed E-state index contributed by atoms with van der Waals surface area (Å²) in [5.74, 6) is -0.803. The first-order valence-corrected chi connectivity index (χ1v) is 10.0. The molecule has 0 saturated heterocycles. The second kappa shape index (κ2) is 6.83. The molecule has 28 heavy (non-hydrogen) atoms. The smallest absolute Gasteiger partial charge is 0.123 e. The number of halogens is 2. The summed E-state index contributed by atoms with van der Waals surface area (Å²) in [7, 11) is 0. The molecule has 0 aliphatic rings. The number of hydrogen-bond donors (Lipinski definition) is 0. The first-order chi connectivity index (χ1) is 13.4. The Kier molecular flexibility index (Phi) is 4.47. The van der Waals surface area contributed by atoms with Gasteiger partial charge in [-0.15, -0.1) is 22.7 Å². The molecule has 0 amide bonds. The minimum absolute atomic E-state index is 0.184. The lowest BCUT2D eigenvalue weighted by atomic mass is 9.93. The molecular weight excluding hydrogens is 394 g/mol. The topological polar surface area (TPSA) is 47.6 Å². The van der Waals surface area contributed by atoms with E-state index in [2.05, 4.69) is 12.1 Å². The maximum atomic E-state index is 13.9. The van der Waals surface area contributed by atoms with Gasteiger partial charge in [-0.1, -0.05) is 0 Å². The molecule has 0 saturated carbocycles. The van der Waals surface area contributed by atoms with Crippen LogP contribution in [-0.4, -0.2) is 0 Å². The molecule has 0 spiro atoms. The van der Waals surface area contributed by atoms with Gasteiger partial charge < -0.3 is 0 Å². The molecule has 0 atom stereocenters. The number of benzene rings is 2. The van der Waals surface area contributed by atoms with Gasteiger partial charge >= 0.3 is 0 Å². The molecule has 0 N–H and O–H groups in total. The molecule has 0 unspecified atom stereocenters. The zero-order chi connectivity index (χ0) is 20.0. The lowest BCUT2D eigenvalue weighted by Gasteiger charge is -2.06. The van der Waals surface area contributed by atoms with Gasteiger partial charge in [0.1, 0.15) is 23.8 Å². The fraction of sp³-hybridized carbons (Fsp3) is 0.0909. The summed E-state index contributed by atoms with van der Waals surface area (Å²) in [6.07, 6.45) is 0. The first-order valence-electron chi connectivity index (χ1n) is 8.37. The van der Waals surface area contributed by atoms with Crippen molar-refractivity contribution in [3.8, 4) is 12.1 Å². The zero-order valence-electron chi connectivity index (χ0n) is 14.9. The van der Waals surface area contributed by atoms with Gasteiger partial charge in [-0.3, -0.25) is 0 Å². The van der Waals surface area contributed by atoms with Gasteiger partial charge in [0.25, 0.3) is 0 Å². The van der Waals surface area contributed by atoms with Crippen LogP contribution in [0.15, 0.2) is 36.4 Å². The molecular formula is C22H12F2N2S2. The van der Waals surface area contributed by atoms with Gasteiger partial charge in [-0.2, -0.15) is 10.5 Å². The molecule has 2 heterocycles. The maximum Gasteiger partial charge on any atom is 0.123 e. The third kappa shape index (κ3) is 2.79. The van der Waals surface area contributed by atoms with E-state index in [1.54, 1.807) is 12.1 Å². The van der Waals surface area contributed by atoms with Crippen molar-refractivity contribution in [1.82, 2.24) is 0 Å². The van der Waals surface area contributed by atoms with E-state index in [0.717, 1.165) is 19.2 Å². The second-order valence-electron chi connectivity index (χ2n) is 6.32. The van der Waals surface area contributed by atoms with Crippen LogP contribution in [0.3, 0.4) is 0 Å². The molecule has 0 radical (unpaired) electrons. The van der Waals surface area contributed by atoms with Crippen LogP contribution in [0.5, 0.6) is 0 Å². The van der Waals surface area contributed by atoms with Crippen LogP contribution in [-0.2, 0) is 0 Å². The number of fused-ring (bicyclic) bond motifs is 2. The Bertz CT molecular complexity index is 1270. The Morgan fingerprint density at radius 3 is 1.50 bits per heavy atom. The molecule has 0 bridgehead atoms. The van der Waals surface area contributed by atoms with E-state index in [9.17, 15) is 19.3 Å². The summed E-state index contributed by atoms with van der Waals surface area (Å²) in [6.45, 7) is 3.70. The van der Waals surface area contributed by atoms with Crippen molar-refractivity contribution < 1.29 is 8.78 Å². The van der Waals surface area contributed by atoms with E-state index in [-0.39, 0.29) is 11.1 Å². The number of aryl methyl sites for hydroxylation is 2. The van der Waals surface area contributed by atoms with Crippen LogP contribution in [0, 0.1) is 48.1 Å². The standard InChI is InChI=1S/C22H12F2N2S2/c1-11-21(15-7-13(23)3-5-19(15)27-11)17(9-25)18(10-26)22-12(2)28-20-6-4-14(24)8-16(20)22/h3-8H,1-2H3/b18-17-. The highest BCUT2D eigenvalue weighted by molar-refractivity contribution is 7.19. The number of nitriles is 2. The predicted octanol–water partition coefficient (Wildman–Crippen LogP) is 6.97. The Balaban J connectivity index is 2.12. The van der Waals surface area contributed by atoms with Gasteiger partial charge in [0.05, 0.1) is 11.1 Å². The third-order valence-electron chi connectivity index (χ3n) is 4.63. The number of allylic oxidation sites excluding steroid dienone is 2. The number of rotatable bonds is 2. The molecule has 0 fully saturated rings. The van der Waals surface area contributed by atoms with Crippen molar-refractivity contribution in [2.75, 3.05) is 0 Å². The van der Waals surface area contributed by atoms with Crippen LogP contribution in [0.4, 0.5) is 8.78 Å². The molecule has 2 aromatic heterocycles. The Labute approximate surface area is 168 Å². The summed E-state index contributed by atoms with van der Waals surface area (Å²) in [6, 6.07) is 13.2. The summed E-state index contributed by atoms with van der Waals surface area (Å²) >= 11 is 2.90. The molecule has 4 aromatic rings. The van der Waals surface area contributed by atoms with Crippen molar-refractivity contribution in [2.45, 2.75) is 13.8 Å². The molecule has 0 aliphatic carbocycles. The third-order valence-corrected chi connectivity index (χ3v) is 6.80. The van der Waals surface area contributed by atoms with Gasteiger partial charge in [0.2, 0.25) is 0 Å². The largest absolute Gasteiger partial charge is 0.207 e. The Morgan fingerprint density at radius 1 is 0.750 bits per heavy atom. The van der Waals surface area contributed by atoms with Crippen molar-refractivity contribution in [1.29, 1.82) is 10.5 Å². The molecule has 2 aromatic carbocycles. The van der Waals surface area contributed by atoms with Crippen LogP contribution >= 0.6 is 22.7 Å². The fourth-order valence-corrected chi connectivity index (χ4v) is 5.58. The summed E-state index contributed by atoms with van der Waals surface area (Å²) < 4.78 is 29.4. The summed E-state index contributed by atoms with van der Waals surface area (Å²) in [4.78, 5) is 1.65. The molecule has 6 heteroatoms. The monoisotopic (exact) mass is 406 g/mol. The summed E-state index contributed by atoms with van der Waals surface area (Å²) in [5, 5.41) is 21.1. The van der Waals surface area contributed by atoms with E-state index >= 15 is 0 Å². The van der Waals surface area contributed by atoms with Crippen LogP contribution in [0.2, 0.25) is 0 Å². The predicted molar refractivity (Wildman–Crippen MR) is 111 cm³/mol. The van der Waals surface area contributed by atoms with Crippen molar-refractivity contribution in [3.05, 3.63) is 68.9 Å². The number of thiophene rings is 2. The molecule has 4 rings (SSSR count).